The maximum Gasteiger partial charge on any atom is 0.187 e. The van der Waals surface area contributed by atoms with E-state index >= 15 is 0 Å². The van der Waals surface area contributed by atoms with Crippen LogP contribution in [0.3, 0.4) is 0 Å². The topological polar surface area (TPSA) is 61.3 Å². The first kappa shape index (κ1) is 15.6. The second kappa shape index (κ2) is 6.87. The largest absolute Gasteiger partial charge is 0.488 e. The fraction of sp³-hybridized carbons (Fsp3) is 0.389. The molecule has 3 heterocycles. The third-order valence-corrected chi connectivity index (χ3v) is 3.72. The van der Waals surface area contributed by atoms with Crippen molar-refractivity contribution < 1.29 is 14.3 Å². The number of aryl methyl sites for hydroxylation is 2. The number of carbonyl (C=O) groups excluding carboxylic acids is 1. The van der Waals surface area contributed by atoms with E-state index in [4.69, 9.17) is 9.47 Å². The number of nitrogens with zero attached hydrogens (tertiary/aromatic N) is 2. The van der Waals surface area contributed by atoms with Gasteiger partial charge in [-0.15, -0.1) is 0 Å². The van der Waals surface area contributed by atoms with Crippen molar-refractivity contribution in [2.45, 2.75) is 32.8 Å². The Morgan fingerprint density at radius 3 is 2.91 bits per heavy atom. The molecule has 23 heavy (non-hydrogen) atoms. The minimum absolute atomic E-state index is 0.0542. The molecule has 1 aliphatic rings. The van der Waals surface area contributed by atoms with Gasteiger partial charge in [-0.25, -0.2) is 4.98 Å². The normalized spacial score (nSPS) is 17.2. The van der Waals surface area contributed by atoms with Crippen molar-refractivity contribution in [3.05, 3.63) is 53.1 Å². The summed E-state index contributed by atoms with van der Waals surface area (Å²) in [6.07, 6.45) is 2.93. The highest BCUT2D eigenvalue weighted by Crippen LogP contribution is 2.20. The van der Waals surface area contributed by atoms with Crippen molar-refractivity contribution in [3.8, 4) is 5.75 Å². The van der Waals surface area contributed by atoms with Crippen LogP contribution in [0.5, 0.6) is 5.75 Å². The molecule has 0 saturated carbocycles. The number of ketones is 1. The Morgan fingerprint density at radius 2 is 2.22 bits per heavy atom. The first-order valence-electron chi connectivity index (χ1n) is 7.78. The van der Waals surface area contributed by atoms with Crippen molar-refractivity contribution in [3.63, 3.8) is 0 Å². The third kappa shape index (κ3) is 4.13. The van der Waals surface area contributed by atoms with Crippen LogP contribution in [0.2, 0.25) is 0 Å². The number of rotatable bonds is 5. The number of hydrogen-bond donors (Lipinski definition) is 0. The van der Waals surface area contributed by atoms with E-state index in [0.29, 0.717) is 18.1 Å². The Kier molecular flexibility index (Phi) is 4.67. The predicted molar refractivity (Wildman–Crippen MR) is 85.8 cm³/mol. The van der Waals surface area contributed by atoms with Gasteiger partial charge in [0.05, 0.1) is 19.6 Å². The van der Waals surface area contributed by atoms with Crippen LogP contribution in [0, 0.1) is 13.8 Å². The second-order valence-corrected chi connectivity index (χ2v) is 5.86. The summed E-state index contributed by atoms with van der Waals surface area (Å²) in [6.45, 7) is 5.15. The van der Waals surface area contributed by atoms with E-state index in [-0.39, 0.29) is 18.3 Å². The van der Waals surface area contributed by atoms with Crippen LogP contribution >= 0.6 is 0 Å². The quantitative estimate of drug-likeness (QED) is 0.794. The molecule has 2 aromatic rings. The van der Waals surface area contributed by atoms with Gasteiger partial charge >= 0.3 is 0 Å². The van der Waals surface area contributed by atoms with E-state index < -0.39 is 0 Å². The average Bonchev–Trinajstić information content (AvgIpc) is 3.02. The SMILES string of the molecule is Cc1ccc(CC(=O)c2cc(O[C@@H]3CCOC3)cc(C)n2)nc1. The van der Waals surface area contributed by atoms with Gasteiger partial charge in [-0.2, -0.15) is 0 Å². The lowest BCUT2D eigenvalue weighted by Gasteiger charge is -2.13. The van der Waals surface area contributed by atoms with Crippen LogP contribution in [0.25, 0.3) is 0 Å². The van der Waals surface area contributed by atoms with Gasteiger partial charge in [0.25, 0.3) is 0 Å². The molecule has 0 aromatic carbocycles. The van der Waals surface area contributed by atoms with Crippen LogP contribution in [-0.2, 0) is 11.2 Å². The minimum Gasteiger partial charge on any atom is -0.488 e. The van der Waals surface area contributed by atoms with Crippen LogP contribution in [0.4, 0.5) is 0 Å². The van der Waals surface area contributed by atoms with Gasteiger partial charge in [-0.05, 0) is 25.5 Å². The zero-order chi connectivity index (χ0) is 16.2. The van der Waals surface area contributed by atoms with E-state index in [0.717, 1.165) is 30.0 Å². The van der Waals surface area contributed by atoms with E-state index in [1.807, 2.05) is 32.0 Å². The molecular formula is C18H20N2O3. The Bertz CT molecular complexity index is 692. The highest BCUT2D eigenvalue weighted by atomic mass is 16.5. The lowest BCUT2D eigenvalue weighted by Crippen LogP contribution is -2.16. The Labute approximate surface area is 135 Å². The van der Waals surface area contributed by atoms with Crippen LogP contribution in [0.1, 0.15) is 33.9 Å². The van der Waals surface area contributed by atoms with Crippen molar-refractivity contribution in [2.75, 3.05) is 13.2 Å². The number of hydrogen-bond acceptors (Lipinski definition) is 5. The molecule has 0 N–H and O–H groups in total. The van der Waals surface area contributed by atoms with E-state index in [2.05, 4.69) is 9.97 Å². The molecule has 1 aliphatic heterocycles. The molecule has 0 radical (unpaired) electrons. The maximum atomic E-state index is 12.5. The molecule has 0 unspecified atom stereocenters. The fourth-order valence-corrected chi connectivity index (χ4v) is 2.50. The molecule has 1 saturated heterocycles. The number of Topliss-reactive ketones (excluding diaryl/α,β-unsaturated/α-hetero) is 1. The van der Waals surface area contributed by atoms with Gasteiger partial charge in [-0.1, -0.05) is 6.07 Å². The molecule has 0 spiro atoms. The highest BCUT2D eigenvalue weighted by molar-refractivity contribution is 5.95. The Balaban J connectivity index is 1.74. The van der Waals surface area contributed by atoms with Crippen LogP contribution in [-0.4, -0.2) is 35.1 Å². The molecule has 3 rings (SSSR count). The predicted octanol–water partition coefficient (Wildman–Crippen LogP) is 2.69. The van der Waals surface area contributed by atoms with E-state index in [9.17, 15) is 4.79 Å². The van der Waals surface area contributed by atoms with Crippen LogP contribution < -0.4 is 4.74 Å². The van der Waals surface area contributed by atoms with Gasteiger partial charge in [0.15, 0.2) is 5.78 Å². The number of ether oxygens (including phenoxy) is 2. The summed E-state index contributed by atoms with van der Waals surface area (Å²) in [4.78, 5) is 21.1. The lowest BCUT2D eigenvalue weighted by atomic mass is 10.1. The summed E-state index contributed by atoms with van der Waals surface area (Å²) in [6, 6.07) is 7.38. The standard InChI is InChI=1S/C18H20N2O3/c1-12-3-4-14(19-10-12)8-18(21)17-9-16(7-13(2)20-17)23-15-5-6-22-11-15/h3-4,7,9-10,15H,5-6,8,11H2,1-2H3/t15-/m1/s1. The fourth-order valence-electron chi connectivity index (χ4n) is 2.50. The second-order valence-electron chi connectivity index (χ2n) is 5.86. The summed E-state index contributed by atoms with van der Waals surface area (Å²) < 4.78 is 11.2. The summed E-state index contributed by atoms with van der Waals surface area (Å²) in [5.41, 5.74) is 3.00. The summed E-state index contributed by atoms with van der Waals surface area (Å²) in [5.74, 6) is 0.616. The van der Waals surface area contributed by atoms with Gasteiger partial charge < -0.3 is 9.47 Å². The summed E-state index contributed by atoms with van der Waals surface area (Å²) in [7, 11) is 0. The molecule has 5 nitrogen and oxygen atoms in total. The van der Waals surface area contributed by atoms with Gasteiger partial charge in [0.2, 0.25) is 0 Å². The molecule has 120 valence electrons. The molecular weight excluding hydrogens is 292 g/mol. The molecule has 1 atom stereocenters. The van der Waals surface area contributed by atoms with Crippen molar-refractivity contribution in [2.24, 2.45) is 0 Å². The number of pyridine rings is 2. The summed E-state index contributed by atoms with van der Waals surface area (Å²) in [5, 5.41) is 0. The van der Waals surface area contributed by atoms with Gasteiger partial charge in [0, 0.05) is 36.1 Å². The highest BCUT2D eigenvalue weighted by Gasteiger charge is 2.19. The van der Waals surface area contributed by atoms with E-state index in [1.54, 1.807) is 12.3 Å². The molecule has 0 aliphatic carbocycles. The molecule has 2 aromatic heterocycles. The zero-order valence-electron chi connectivity index (χ0n) is 13.4. The Morgan fingerprint density at radius 1 is 1.35 bits per heavy atom. The number of aromatic nitrogens is 2. The molecule has 1 fully saturated rings. The monoisotopic (exact) mass is 312 g/mol. The van der Waals surface area contributed by atoms with Crippen LogP contribution in [0.15, 0.2) is 30.5 Å². The Hall–Kier alpha value is -2.27. The van der Waals surface area contributed by atoms with Crippen molar-refractivity contribution >= 4 is 5.78 Å². The maximum absolute atomic E-state index is 12.5. The molecule has 5 heteroatoms. The van der Waals surface area contributed by atoms with Crippen molar-refractivity contribution in [1.29, 1.82) is 0 Å². The average molecular weight is 312 g/mol. The zero-order valence-corrected chi connectivity index (χ0v) is 13.4. The van der Waals surface area contributed by atoms with E-state index in [1.165, 1.54) is 0 Å². The molecule has 0 bridgehead atoms. The third-order valence-electron chi connectivity index (χ3n) is 3.72. The van der Waals surface area contributed by atoms with Gasteiger partial charge in [0.1, 0.15) is 17.5 Å². The lowest BCUT2D eigenvalue weighted by molar-refractivity contribution is 0.0985. The van der Waals surface area contributed by atoms with Gasteiger partial charge in [-0.3, -0.25) is 9.78 Å². The summed E-state index contributed by atoms with van der Waals surface area (Å²) >= 11 is 0. The minimum atomic E-state index is -0.0578. The first-order chi connectivity index (χ1) is 11.1. The smallest absolute Gasteiger partial charge is 0.187 e. The molecule has 0 amide bonds. The first-order valence-corrected chi connectivity index (χ1v) is 7.78. The van der Waals surface area contributed by atoms with Crippen molar-refractivity contribution in [1.82, 2.24) is 9.97 Å². The number of carbonyl (C=O) groups is 1.